The third kappa shape index (κ3) is 4.31. The van der Waals surface area contributed by atoms with Crippen molar-refractivity contribution in [2.45, 2.75) is 45.6 Å². The molecule has 3 rings (SSSR count). The van der Waals surface area contributed by atoms with E-state index in [1.807, 2.05) is 18.2 Å². The average molecular weight is 354 g/mol. The van der Waals surface area contributed by atoms with E-state index >= 15 is 0 Å². The van der Waals surface area contributed by atoms with E-state index in [4.69, 9.17) is 4.74 Å². The topological polar surface area (TPSA) is 67.3 Å². The maximum atomic E-state index is 11.7. The zero-order valence-corrected chi connectivity index (χ0v) is 15.4. The van der Waals surface area contributed by atoms with Crippen LogP contribution in [0.3, 0.4) is 0 Å². The molecule has 1 aromatic carbocycles. The molecule has 1 aliphatic heterocycles. The molecule has 0 saturated carbocycles. The number of piperidine rings is 1. The van der Waals surface area contributed by atoms with Crippen LogP contribution in [-0.2, 0) is 4.74 Å². The molecule has 1 aromatic heterocycles. The Kier molecular flexibility index (Phi) is 6.04. The number of carbonyl (C=O) groups is 1. The highest BCUT2D eigenvalue weighted by Gasteiger charge is 2.22. The normalized spacial score (nSPS) is 17.0. The quantitative estimate of drug-likeness (QED) is 0.786. The summed E-state index contributed by atoms with van der Waals surface area (Å²) < 4.78 is 5.00. The zero-order valence-electron chi connectivity index (χ0n) is 15.4. The molecule has 1 saturated heterocycles. The molecule has 0 spiro atoms. The summed E-state index contributed by atoms with van der Waals surface area (Å²) in [6.45, 7) is 5.44. The Hall–Kier alpha value is -2.63. The van der Waals surface area contributed by atoms with Crippen molar-refractivity contribution in [1.29, 1.82) is 0 Å². The number of rotatable bonds is 6. The summed E-state index contributed by atoms with van der Waals surface area (Å²) in [5, 5.41) is 3.21. The van der Waals surface area contributed by atoms with E-state index in [0.717, 1.165) is 24.5 Å². The Labute approximate surface area is 154 Å². The standard InChI is InChI=1S/C20H26N4O2/c1-3-17-7-5-6-14-24(17)18-12-13-21-20(23-18)22-16-10-8-15(9-11-16)19(25)26-4-2/h8-13,17H,3-7,14H2,1-2H3,(H,21,22,23). The summed E-state index contributed by atoms with van der Waals surface area (Å²) in [6.07, 6.45) is 6.64. The van der Waals surface area contributed by atoms with Crippen LogP contribution in [0, 0.1) is 0 Å². The zero-order chi connectivity index (χ0) is 18.4. The highest BCUT2D eigenvalue weighted by atomic mass is 16.5. The number of carbonyl (C=O) groups excluding carboxylic acids is 1. The van der Waals surface area contributed by atoms with Crippen molar-refractivity contribution in [2.24, 2.45) is 0 Å². The number of hydrogen-bond acceptors (Lipinski definition) is 6. The first-order valence-electron chi connectivity index (χ1n) is 9.35. The van der Waals surface area contributed by atoms with Gasteiger partial charge in [0, 0.05) is 24.5 Å². The molecule has 2 aromatic rings. The van der Waals surface area contributed by atoms with E-state index in [0.29, 0.717) is 24.2 Å². The molecule has 1 aliphatic rings. The lowest BCUT2D eigenvalue weighted by Gasteiger charge is -2.36. The fourth-order valence-electron chi connectivity index (χ4n) is 3.33. The summed E-state index contributed by atoms with van der Waals surface area (Å²) in [5.41, 5.74) is 1.37. The lowest BCUT2D eigenvalue weighted by Crippen LogP contribution is -2.39. The van der Waals surface area contributed by atoms with Crippen LogP contribution in [-0.4, -0.2) is 35.1 Å². The van der Waals surface area contributed by atoms with Crippen LogP contribution in [0.15, 0.2) is 36.5 Å². The van der Waals surface area contributed by atoms with Crippen LogP contribution < -0.4 is 10.2 Å². The minimum Gasteiger partial charge on any atom is -0.462 e. The molecule has 1 atom stereocenters. The SMILES string of the molecule is CCOC(=O)c1ccc(Nc2nccc(N3CCCCC3CC)n2)cc1. The van der Waals surface area contributed by atoms with E-state index < -0.39 is 0 Å². The average Bonchev–Trinajstić information content (AvgIpc) is 2.69. The molecular weight excluding hydrogens is 328 g/mol. The fourth-order valence-corrected chi connectivity index (χ4v) is 3.33. The van der Waals surface area contributed by atoms with Crippen LogP contribution in [0.25, 0.3) is 0 Å². The van der Waals surface area contributed by atoms with Crippen molar-refractivity contribution < 1.29 is 9.53 Å². The number of nitrogens with one attached hydrogen (secondary N) is 1. The Balaban J connectivity index is 1.71. The maximum Gasteiger partial charge on any atom is 0.338 e. The van der Waals surface area contributed by atoms with E-state index in [1.165, 1.54) is 19.3 Å². The summed E-state index contributed by atoms with van der Waals surface area (Å²) in [6, 6.07) is 9.67. The number of aromatic nitrogens is 2. The highest BCUT2D eigenvalue weighted by molar-refractivity contribution is 5.89. The van der Waals surface area contributed by atoms with Crippen LogP contribution in [0.1, 0.15) is 49.9 Å². The molecule has 26 heavy (non-hydrogen) atoms. The first kappa shape index (κ1) is 18.2. The van der Waals surface area contributed by atoms with Crippen molar-refractivity contribution in [3.8, 4) is 0 Å². The molecule has 0 amide bonds. The smallest absolute Gasteiger partial charge is 0.338 e. The third-order valence-electron chi connectivity index (χ3n) is 4.69. The predicted octanol–water partition coefficient (Wildman–Crippen LogP) is 4.17. The Morgan fingerprint density at radius 1 is 1.23 bits per heavy atom. The van der Waals surface area contributed by atoms with Gasteiger partial charge in [-0.05, 0) is 62.9 Å². The van der Waals surface area contributed by atoms with Crippen LogP contribution in [0.4, 0.5) is 17.5 Å². The predicted molar refractivity (Wildman–Crippen MR) is 103 cm³/mol. The first-order valence-corrected chi connectivity index (χ1v) is 9.35. The summed E-state index contributed by atoms with van der Waals surface area (Å²) in [4.78, 5) is 23.1. The number of anilines is 3. The van der Waals surface area contributed by atoms with Gasteiger partial charge < -0.3 is 15.0 Å². The van der Waals surface area contributed by atoms with Crippen molar-refractivity contribution in [1.82, 2.24) is 9.97 Å². The van der Waals surface area contributed by atoms with Gasteiger partial charge in [0.1, 0.15) is 5.82 Å². The van der Waals surface area contributed by atoms with Crippen LogP contribution in [0.2, 0.25) is 0 Å². The summed E-state index contributed by atoms with van der Waals surface area (Å²) >= 11 is 0. The van der Waals surface area contributed by atoms with Gasteiger partial charge >= 0.3 is 5.97 Å². The van der Waals surface area contributed by atoms with Gasteiger partial charge in [-0.2, -0.15) is 4.98 Å². The molecular formula is C20H26N4O2. The van der Waals surface area contributed by atoms with Gasteiger partial charge in [0.25, 0.3) is 0 Å². The van der Waals surface area contributed by atoms with Crippen LogP contribution in [0.5, 0.6) is 0 Å². The molecule has 138 valence electrons. The van der Waals surface area contributed by atoms with Gasteiger partial charge in [-0.15, -0.1) is 0 Å². The minimum atomic E-state index is -0.312. The molecule has 1 N–H and O–H groups in total. The van der Waals surface area contributed by atoms with Gasteiger partial charge in [0.05, 0.1) is 12.2 Å². The van der Waals surface area contributed by atoms with E-state index in [9.17, 15) is 4.79 Å². The number of hydrogen-bond donors (Lipinski definition) is 1. The molecule has 1 unspecified atom stereocenters. The monoisotopic (exact) mass is 354 g/mol. The largest absolute Gasteiger partial charge is 0.462 e. The van der Waals surface area contributed by atoms with Crippen molar-refractivity contribution in [2.75, 3.05) is 23.4 Å². The summed E-state index contributed by atoms with van der Waals surface area (Å²) in [7, 11) is 0. The van der Waals surface area contributed by atoms with Gasteiger partial charge in [-0.1, -0.05) is 6.92 Å². The molecule has 0 bridgehead atoms. The van der Waals surface area contributed by atoms with Crippen molar-refractivity contribution >= 4 is 23.4 Å². The lowest BCUT2D eigenvalue weighted by molar-refractivity contribution is 0.0526. The second-order valence-electron chi connectivity index (χ2n) is 6.41. The van der Waals surface area contributed by atoms with Gasteiger partial charge in [-0.3, -0.25) is 0 Å². The van der Waals surface area contributed by atoms with Gasteiger partial charge in [0.15, 0.2) is 0 Å². The molecule has 1 fully saturated rings. The molecule has 0 radical (unpaired) electrons. The first-order chi connectivity index (χ1) is 12.7. The molecule has 6 nitrogen and oxygen atoms in total. The highest BCUT2D eigenvalue weighted by Crippen LogP contribution is 2.26. The summed E-state index contributed by atoms with van der Waals surface area (Å²) in [5.74, 6) is 1.22. The second-order valence-corrected chi connectivity index (χ2v) is 6.41. The lowest BCUT2D eigenvalue weighted by atomic mass is 10.0. The van der Waals surface area contributed by atoms with E-state index in [1.54, 1.807) is 25.3 Å². The number of esters is 1. The molecule has 0 aliphatic carbocycles. The minimum absolute atomic E-state index is 0.312. The van der Waals surface area contributed by atoms with Crippen LogP contribution >= 0.6 is 0 Å². The number of nitrogens with zero attached hydrogens (tertiary/aromatic N) is 3. The van der Waals surface area contributed by atoms with Crippen molar-refractivity contribution in [3.05, 3.63) is 42.1 Å². The Bertz CT molecular complexity index is 733. The fraction of sp³-hybridized carbons (Fsp3) is 0.450. The molecule has 6 heteroatoms. The van der Waals surface area contributed by atoms with Gasteiger partial charge in [-0.25, -0.2) is 9.78 Å². The van der Waals surface area contributed by atoms with Crippen molar-refractivity contribution in [3.63, 3.8) is 0 Å². The Morgan fingerprint density at radius 3 is 2.77 bits per heavy atom. The molecule has 2 heterocycles. The van der Waals surface area contributed by atoms with E-state index in [2.05, 4.69) is 27.1 Å². The Morgan fingerprint density at radius 2 is 2.04 bits per heavy atom. The van der Waals surface area contributed by atoms with E-state index in [-0.39, 0.29) is 5.97 Å². The van der Waals surface area contributed by atoms with Gasteiger partial charge in [0.2, 0.25) is 5.95 Å². The maximum absolute atomic E-state index is 11.7. The second kappa shape index (κ2) is 8.65. The third-order valence-corrected chi connectivity index (χ3v) is 4.69. The number of benzene rings is 1. The number of ether oxygens (including phenoxy) is 1.